The topological polar surface area (TPSA) is 32.6 Å². The molecule has 0 amide bonds. The Kier molecular flexibility index (Phi) is 2.97. The van der Waals surface area contributed by atoms with Crippen LogP contribution in [0.15, 0.2) is 59.6 Å². The van der Waals surface area contributed by atoms with Crippen molar-refractivity contribution in [2.45, 2.75) is 13.3 Å². The number of aromatic hydroxyl groups is 1. The third-order valence-corrected chi connectivity index (χ3v) is 4.37. The van der Waals surface area contributed by atoms with E-state index >= 15 is 0 Å². The number of rotatable bonds is 1. The molecular formula is C20H17NO. The van der Waals surface area contributed by atoms with E-state index in [2.05, 4.69) is 30.3 Å². The van der Waals surface area contributed by atoms with Gasteiger partial charge in [0, 0.05) is 12.1 Å². The number of phenolic OH excluding ortho intramolecular Hbond substituents is 1. The molecule has 0 aliphatic carbocycles. The van der Waals surface area contributed by atoms with E-state index in [0.717, 1.165) is 46.1 Å². The number of aliphatic imine (C=N–C) groups is 1. The van der Waals surface area contributed by atoms with Crippen LogP contribution in [0, 0.1) is 6.92 Å². The molecule has 0 bridgehead atoms. The molecular weight excluding hydrogens is 270 g/mol. The molecule has 0 saturated heterocycles. The number of phenols is 1. The van der Waals surface area contributed by atoms with Crippen LogP contribution in [0.3, 0.4) is 0 Å². The van der Waals surface area contributed by atoms with Gasteiger partial charge in [-0.15, -0.1) is 0 Å². The van der Waals surface area contributed by atoms with Crippen molar-refractivity contribution < 1.29 is 5.11 Å². The summed E-state index contributed by atoms with van der Waals surface area (Å²) >= 11 is 0. The molecule has 0 fully saturated rings. The van der Waals surface area contributed by atoms with Gasteiger partial charge in [0.2, 0.25) is 0 Å². The predicted molar refractivity (Wildman–Crippen MR) is 91.0 cm³/mol. The Balaban J connectivity index is 2.07. The number of nitrogens with zero attached hydrogens (tertiary/aromatic N) is 1. The van der Waals surface area contributed by atoms with Crippen LogP contribution in [-0.4, -0.2) is 17.4 Å². The number of benzene rings is 3. The first-order valence-electron chi connectivity index (χ1n) is 7.60. The van der Waals surface area contributed by atoms with Crippen molar-refractivity contribution >= 4 is 16.5 Å². The summed E-state index contributed by atoms with van der Waals surface area (Å²) in [6, 6.07) is 18.6. The molecule has 0 aromatic heterocycles. The van der Waals surface area contributed by atoms with Crippen LogP contribution >= 0.6 is 0 Å². The Morgan fingerprint density at radius 3 is 2.68 bits per heavy atom. The zero-order valence-electron chi connectivity index (χ0n) is 12.5. The molecule has 3 aromatic carbocycles. The average Bonchev–Trinajstić information content (AvgIpc) is 2.56. The van der Waals surface area contributed by atoms with E-state index in [0.29, 0.717) is 5.75 Å². The third kappa shape index (κ3) is 1.92. The Hall–Kier alpha value is -2.61. The Labute approximate surface area is 129 Å². The van der Waals surface area contributed by atoms with Gasteiger partial charge in [-0.2, -0.15) is 0 Å². The Morgan fingerprint density at radius 2 is 1.77 bits per heavy atom. The Morgan fingerprint density at radius 1 is 1.00 bits per heavy atom. The van der Waals surface area contributed by atoms with E-state index in [9.17, 15) is 5.11 Å². The fraction of sp³-hybridized carbons (Fsp3) is 0.150. The minimum Gasteiger partial charge on any atom is -0.507 e. The highest BCUT2D eigenvalue weighted by Gasteiger charge is 2.21. The number of fused-ring (bicyclic) bond motifs is 2. The highest BCUT2D eigenvalue weighted by atomic mass is 16.3. The standard InChI is InChI=1S/C20H17NO/c1-13-12-15-7-3-4-8-16(15)18(20(13)22)19-17-9-5-2-6-14(17)10-11-21-19/h2-9,12,22H,10-11H2,1H3. The molecule has 1 heterocycles. The minimum absolute atomic E-state index is 0.342. The zero-order chi connectivity index (χ0) is 15.1. The van der Waals surface area contributed by atoms with Gasteiger partial charge in [0.15, 0.2) is 0 Å². The molecule has 0 spiro atoms. The molecule has 1 aliphatic rings. The maximum Gasteiger partial charge on any atom is 0.128 e. The molecule has 0 radical (unpaired) electrons. The summed E-state index contributed by atoms with van der Waals surface area (Å²) < 4.78 is 0. The van der Waals surface area contributed by atoms with Crippen LogP contribution in [0.2, 0.25) is 0 Å². The molecule has 22 heavy (non-hydrogen) atoms. The van der Waals surface area contributed by atoms with Crippen LogP contribution in [-0.2, 0) is 6.42 Å². The van der Waals surface area contributed by atoms with Crippen LogP contribution in [0.1, 0.15) is 22.3 Å². The fourth-order valence-corrected chi connectivity index (χ4v) is 3.27. The van der Waals surface area contributed by atoms with Crippen LogP contribution in [0.4, 0.5) is 0 Å². The summed E-state index contributed by atoms with van der Waals surface area (Å²) in [5, 5.41) is 12.9. The summed E-state index contributed by atoms with van der Waals surface area (Å²) in [5.74, 6) is 0.342. The molecule has 1 aliphatic heterocycles. The lowest BCUT2D eigenvalue weighted by atomic mass is 9.89. The van der Waals surface area contributed by atoms with Crippen molar-refractivity contribution in [3.05, 3.63) is 76.9 Å². The zero-order valence-corrected chi connectivity index (χ0v) is 12.5. The van der Waals surface area contributed by atoms with Crippen molar-refractivity contribution in [2.75, 3.05) is 6.54 Å². The van der Waals surface area contributed by atoms with E-state index in [1.54, 1.807) is 0 Å². The van der Waals surface area contributed by atoms with Crippen molar-refractivity contribution in [1.82, 2.24) is 0 Å². The van der Waals surface area contributed by atoms with E-state index in [-0.39, 0.29) is 0 Å². The van der Waals surface area contributed by atoms with Gasteiger partial charge < -0.3 is 5.11 Å². The molecule has 0 saturated carbocycles. The molecule has 2 heteroatoms. The van der Waals surface area contributed by atoms with Gasteiger partial charge in [0.1, 0.15) is 5.75 Å². The molecule has 0 atom stereocenters. The first-order chi connectivity index (χ1) is 10.8. The van der Waals surface area contributed by atoms with E-state index in [4.69, 9.17) is 4.99 Å². The summed E-state index contributed by atoms with van der Waals surface area (Å²) in [5.41, 5.74) is 5.11. The summed E-state index contributed by atoms with van der Waals surface area (Å²) in [7, 11) is 0. The van der Waals surface area contributed by atoms with Crippen molar-refractivity contribution in [3.8, 4) is 5.75 Å². The minimum atomic E-state index is 0.342. The highest BCUT2D eigenvalue weighted by Crippen LogP contribution is 2.34. The lowest BCUT2D eigenvalue weighted by Gasteiger charge is -2.20. The van der Waals surface area contributed by atoms with Crippen molar-refractivity contribution in [2.24, 2.45) is 4.99 Å². The fourth-order valence-electron chi connectivity index (χ4n) is 3.27. The molecule has 2 nitrogen and oxygen atoms in total. The van der Waals surface area contributed by atoms with Gasteiger partial charge >= 0.3 is 0 Å². The normalized spacial score (nSPS) is 13.8. The lowest BCUT2D eigenvalue weighted by Crippen LogP contribution is -2.14. The van der Waals surface area contributed by atoms with Gasteiger partial charge in [-0.3, -0.25) is 4.99 Å². The number of hydrogen-bond acceptors (Lipinski definition) is 2. The second kappa shape index (κ2) is 4.99. The molecule has 4 rings (SSSR count). The summed E-state index contributed by atoms with van der Waals surface area (Å²) in [4.78, 5) is 4.75. The highest BCUT2D eigenvalue weighted by molar-refractivity contribution is 6.22. The van der Waals surface area contributed by atoms with Gasteiger partial charge in [-0.25, -0.2) is 0 Å². The van der Waals surface area contributed by atoms with Gasteiger partial charge in [-0.1, -0.05) is 48.5 Å². The van der Waals surface area contributed by atoms with Crippen molar-refractivity contribution in [3.63, 3.8) is 0 Å². The number of aryl methyl sites for hydroxylation is 1. The molecule has 108 valence electrons. The van der Waals surface area contributed by atoms with E-state index in [1.807, 2.05) is 31.2 Å². The van der Waals surface area contributed by atoms with Gasteiger partial charge in [-0.05, 0) is 41.3 Å². The molecule has 3 aromatic rings. The summed E-state index contributed by atoms with van der Waals surface area (Å²) in [6.07, 6.45) is 0.962. The van der Waals surface area contributed by atoms with Crippen LogP contribution < -0.4 is 0 Å². The molecule has 0 unspecified atom stereocenters. The Bertz CT molecular complexity index is 909. The number of hydrogen-bond donors (Lipinski definition) is 1. The maximum atomic E-state index is 10.7. The second-order valence-electron chi connectivity index (χ2n) is 5.78. The largest absolute Gasteiger partial charge is 0.507 e. The lowest BCUT2D eigenvalue weighted by molar-refractivity contribution is 0.471. The first-order valence-corrected chi connectivity index (χ1v) is 7.60. The predicted octanol–water partition coefficient (Wildman–Crippen LogP) is 4.25. The molecule has 1 N–H and O–H groups in total. The monoisotopic (exact) mass is 287 g/mol. The first kappa shape index (κ1) is 13.1. The maximum absolute atomic E-state index is 10.7. The SMILES string of the molecule is Cc1cc2ccccc2c(C2=NCCc3ccccc32)c1O. The van der Waals surface area contributed by atoms with Crippen LogP contribution in [0.25, 0.3) is 10.8 Å². The average molecular weight is 287 g/mol. The van der Waals surface area contributed by atoms with Gasteiger partial charge in [0.25, 0.3) is 0 Å². The quantitative estimate of drug-likeness (QED) is 0.713. The van der Waals surface area contributed by atoms with Crippen LogP contribution in [0.5, 0.6) is 5.75 Å². The van der Waals surface area contributed by atoms with Crippen molar-refractivity contribution in [1.29, 1.82) is 0 Å². The van der Waals surface area contributed by atoms with Gasteiger partial charge in [0.05, 0.1) is 11.3 Å². The van der Waals surface area contributed by atoms with E-state index in [1.165, 1.54) is 5.56 Å². The third-order valence-electron chi connectivity index (χ3n) is 4.37. The second-order valence-corrected chi connectivity index (χ2v) is 5.78. The smallest absolute Gasteiger partial charge is 0.128 e. The van der Waals surface area contributed by atoms with E-state index < -0.39 is 0 Å². The summed E-state index contributed by atoms with van der Waals surface area (Å²) in [6.45, 7) is 2.72.